The molecule has 7 heteroatoms. The summed E-state index contributed by atoms with van der Waals surface area (Å²) in [5.74, 6) is -0.603. The average molecular weight is 299 g/mol. The van der Waals surface area contributed by atoms with Gasteiger partial charge in [0.15, 0.2) is 0 Å². The molecule has 1 aromatic rings. The van der Waals surface area contributed by atoms with Gasteiger partial charge < -0.3 is 11.1 Å². The van der Waals surface area contributed by atoms with Gasteiger partial charge in [-0.05, 0) is 17.7 Å². The van der Waals surface area contributed by atoms with Crippen molar-refractivity contribution in [2.24, 2.45) is 11.7 Å². The van der Waals surface area contributed by atoms with E-state index in [1.807, 2.05) is 0 Å². The van der Waals surface area contributed by atoms with E-state index in [2.05, 4.69) is 5.32 Å². The molecule has 112 valence electrons. The van der Waals surface area contributed by atoms with Crippen LogP contribution in [0.2, 0.25) is 0 Å². The Hall–Kier alpha value is -1.44. The zero-order valence-corrected chi connectivity index (χ0v) is 12.8. The minimum Gasteiger partial charge on any atom is -0.359 e. The highest BCUT2D eigenvalue weighted by Gasteiger charge is 2.24. The third kappa shape index (κ3) is 3.78. The zero-order chi connectivity index (χ0) is 15.3. The minimum atomic E-state index is -3.59. The Balaban J connectivity index is 2.89. The first-order valence-corrected chi connectivity index (χ1v) is 7.74. The Morgan fingerprint density at radius 2 is 1.90 bits per heavy atom. The molecule has 0 saturated heterocycles. The molecular weight excluding hydrogens is 278 g/mol. The van der Waals surface area contributed by atoms with E-state index in [1.165, 1.54) is 30.5 Å². The van der Waals surface area contributed by atoms with E-state index in [-0.39, 0.29) is 17.3 Å². The van der Waals surface area contributed by atoms with Crippen LogP contribution in [0.15, 0.2) is 29.2 Å². The second kappa shape index (κ2) is 6.83. The van der Waals surface area contributed by atoms with E-state index in [9.17, 15) is 13.2 Å². The molecule has 1 unspecified atom stereocenters. The Bertz CT molecular complexity index is 555. The van der Waals surface area contributed by atoms with Crippen LogP contribution in [-0.4, -0.2) is 39.3 Å². The number of nitrogens with one attached hydrogen (secondary N) is 1. The van der Waals surface area contributed by atoms with Gasteiger partial charge in [-0.3, -0.25) is 4.79 Å². The summed E-state index contributed by atoms with van der Waals surface area (Å²) < 4.78 is 25.9. The fourth-order valence-corrected chi connectivity index (χ4v) is 3.05. The summed E-state index contributed by atoms with van der Waals surface area (Å²) in [5, 5.41) is 2.50. The topological polar surface area (TPSA) is 92.5 Å². The van der Waals surface area contributed by atoms with Crippen LogP contribution in [0.1, 0.15) is 12.5 Å². The van der Waals surface area contributed by atoms with E-state index >= 15 is 0 Å². The number of carbonyl (C=O) groups excluding carboxylic acids is 1. The smallest absolute Gasteiger partial charge is 0.242 e. The molecule has 1 atom stereocenters. The molecule has 20 heavy (non-hydrogen) atoms. The average Bonchev–Trinajstić information content (AvgIpc) is 2.46. The van der Waals surface area contributed by atoms with E-state index < -0.39 is 15.9 Å². The molecule has 1 amide bonds. The number of rotatable bonds is 6. The second-order valence-electron chi connectivity index (χ2n) is 4.65. The first-order chi connectivity index (χ1) is 9.32. The van der Waals surface area contributed by atoms with Crippen molar-refractivity contribution < 1.29 is 13.2 Å². The van der Waals surface area contributed by atoms with Crippen molar-refractivity contribution in [2.45, 2.75) is 18.4 Å². The molecule has 0 aliphatic rings. The van der Waals surface area contributed by atoms with Gasteiger partial charge >= 0.3 is 0 Å². The molecule has 1 aromatic carbocycles. The molecule has 0 heterocycles. The van der Waals surface area contributed by atoms with Gasteiger partial charge in [0.1, 0.15) is 0 Å². The van der Waals surface area contributed by atoms with Crippen molar-refractivity contribution in [3.05, 3.63) is 29.8 Å². The zero-order valence-electron chi connectivity index (χ0n) is 12.0. The first-order valence-electron chi connectivity index (χ1n) is 6.30. The lowest BCUT2D eigenvalue weighted by atomic mass is 10.2. The summed E-state index contributed by atoms with van der Waals surface area (Å²) in [6.45, 7) is 2.17. The second-order valence-corrected chi connectivity index (χ2v) is 6.69. The summed E-state index contributed by atoms with van der Waals surface area (Å²) in [5.41, 5.74) is 6.34. The Labute approximate surface area is 120 Å². The number of amides is 1. The number of nitrogens with two attached hydrogens (primary N) is 1. The van der Waals surface area contributed by atoms with Crippen LogP contribution in [0, 0.1) is 5.92 Å². The van der Waals surface area contributed by atoms with Crippen LogP contribution in [-0.2, 0) is 21.4 Å². The normalized spacial score (nSPS) is 13.2. The van der Waals surface area contributed by atoms with Crippen molar-refractivity contribution >= 4 is 15.9 Å². The highest BCUT2D eigenvalue weighted by molar-refractivity contribution is 7.89. The van der Waals surface area contributed by atoms with Crippen molar-refractivity contribution in [1.82, 2.24) is 9.62 Å². The molecule has 0 aliphatic carbocycles. The maximum atomic E-state index is 12.3. The minimum absolute atomic E-state index is 0.126. The van der Waals surface area contributed by atoms with Crippen molar-refractivity contribution in [2.75, 3.05) is 20.6 Å². The molecule has 0 fully saturated rings. The predicted octanol–water partition coefficient (Wildman–Crippen LogP) is 0.148. The number of hydrogen-bond donors (Lipinski definition) is 2. The molecule has 0 saturated carbocycles. The summed E-state index contributed by atoms with van der Waals surface area (Å²) in [6.07, 6.45) is 0. The fourth-order valence-electron chi connectivity index (χ4n) is 1.79. The number of benzene rings is 1. The van der Waals surface area contributed by atoms with Crippen LogP contribution in [0.5, 0.6) is 0 Å². The van der Waals surface area contributed by atoms with Crippen LogP contribution >= 0.6 is 0 Å². The third-order valence-corrected chi connectivity index (χ3v) is 4.93. The molecule has 0 radical (unpaired) electrons. The predicted molar refractivity (Wildman–Crippen MR) is 77.4 cm³/mol. The molecule has 3 N–H and O–H groups in total. The van der Waals surface area contributed by atoms with Gasteiger partial charge in [0.05, 0.1) is 4.90 Å². The summed E-state index contributed by atoms with van der Waals surface area (Å²) in [4.78, 5) is 11.6. The molecule has 0 spiro atoms. The highest BCUT2D eigenvalue weighted by atomic mass is 32.2. The fraction of sp³-hybridized carbons (Fsp3) is 0.462. The summed E-state index contributed by atoms with van der Waals surface area (Å²) in [7, 11) is -0.598. The Morgan fingerprint density at radius 1 is 1.35 bits per heavy atom. The highest BCUT2D eigenvalue weighted by Crippen LogP contribution is 2.16. The van der Waals surface area contributed by atoms with Crippen molar-refractivity contribution in [3.63, 3.8) is 0 Å². The van der Waals surface area contributed by atoms with Crippen LogP contribution < -0.4 is 11.1 Å². The van der Waals surface area contributed by atoms with Crippen molar-refractivity contribution in [3.8, 4) is 0 Å². The number of carbonyl (C=O) groups is 1. The molecule has 6 nitrogen and oxygen atoms in total. The molecular formula is C13H21N3O3S. The van der Waals surface area contributed by atoms with Gasteiger partial charge in [-0.2, -0.15) is 0 Å². The molecule has 0 bridgehead atoms. The van der Waals surface area contributed by atoms with Crippen LogP contribution in [0.3, 0.4) is 0 Å². The number of sulfonamides is 1. The number of hydrogen-bond acceptors (Lipinski definition) is 4. The standard InChI is InChI=1S/C13H21N3O3S/c1-10(13(17)15-2)9-16(3)20(18,19)12-6-4-11(8-14)5-7-12/h4-7,10H,8-9,14H2,1-3H3,(H,15,17). The van der Waals surface area contributed by atoms with E-state index in [4.69, 9.17) is 5.73 Å². The lowest BCUT2D eigenvalue weighted by molar-refractivity contribution is -0.124. The first kappa shape index (κ1) is 16.6. The maximum absolute atomic E-state index is 12.3. The third-order valence-electron chi connectivity index (χ3n) is 3.09. The van der Waals surface area contributed by atoms with Crippen LogP contribution in [0.25, 0.3) is 0 Å². The molecule has 0 aromatic heterocycles. The van der Waals surface area contributed by atoms with Crippen LogP contribution in [0.4, 0.5) is 0 Å². The quantitative estimate of drug-likeness (QED) is 0.782. The van der Waals surface area contributed by atoms with E-state index in [1.54, 1.807) is 19.1 Å². The lowest BCUT2D eigenvalue weighted by Gasteiger charge is -2.20. The largest absolute Gasteiger partial charge is 0.359 e. The van der Waals surface area contributed by atoms with E-state index in [0.29, 0.717) is 6.54 Å². The Morgan fingerprint density at radius 3 is 2.35 bits per heavy atom. The molecule has 0 aliphatic heterocycles. The van der Waals surface area contributed by atoms with Gasteiger partial charge in [0.2, 0.25) is 15.9 Å². The van der Waals surface area contributed by atoms with Gasteiger partial charge in [0.25, 0.3) is 0 Å². The lowest BCUT2D eigenvalue weighted by Crippen LogP contribution is -2.37. The van der Waals surface area contributed by atoms with E-state index in [0.717, 1.165) is 5.56 Å². The van der Waals surface area contributed by atoms with Gasteiger partial charge in [-0.1, -0.05) is 19.1 Å². The van der Waals surface area contributed by atoms with Crippen molar-refractivity contribution in [1.29, 1.82) is 0 Å². The SMILES string of the molecule is CNC(=O)C(C)CN(C)S(=O)(=O)c1ccc(CN)cc1. The van der Waals surface area contributed by atoms with Gasteiger partial charge in [-0.25, -0.2) is 12.7 Å². The Kier molecular flexibility index (Phi) is 5.67. The summed E-state index contributed by atoms with van der Waals surface area (Å²) >= 11 is 0. The monoisotopic (exact) mass is 299 g/mol. The van der Waals surface area contributed by atoms with Gasteiger partial charge in [-0.15, -0.1) is 0 Å². The summed E-state index contributed by atoms with van der Waals surface area (Å²) in [6, 6.07) is 6.42. The molecule has 1 rings (SSSR count). The number of nitrogens with zero attached hydrogens (tertiary/aromatic N) is 1. The van der Waals surface area contributed by atoms with Gasteiger partial charge in [0, 0.05) is 33.1 Å². The maximum Gasteiger partial charge on any atom is 0.242 e.